The molecule has 2 aromatic carbocycles. The van der Waals surface area contributed by atoms with Gasteiger partial charge in [0.15, 0.2) is 0 Å². The summed E-state index contributed by atoms with van der Waals surface area (Å²) in [6.45, 7) is -0.00615. The van der Waals surface area contributed by atoms with E-state index in [0.29, 0.717) is 5.75 Å². The summed E-state index contributed by atoms with van der Waals surface area (Å²) >= 11 is 3.32. The summed E-state index contributed by atoms with van der Waals surface area (Å²) in [5.74, 6) is 0.593. The molecular formula is C14H13BrO4S. The lowest BCUT2D eigenvalue weighted by atomic mass is 10.2. The van der Waals surface area contributed by atoms with Crippen LogP contribution >= 0.6 is 15.9 Å². The third-order valence-electron chi connectivity index (χ3n) is 2.62. The van der Waals surface area contributed by atoms with Gasteiger partial charge in [-0.1, -0.05) is 28.1 Å². The van der Waals surface area contributed by atoms with Crippen molar-refractivity contribution in [2.45, 2.75) is 11.5 Å². The molecule has 2 rings (SSSR count). The van der Waals surface area contributed by atoms with E-state index in [2.05, 4.69) is 15.9 Å². The summed E-state index contributed by atoms with van der Waals surface area (Å²) < 4.78 is 34.9. The number of benzene rings is 2. The molecule has 0 aliphatic rings. The minimum absolute atomic E-state index is 0.00615. The van der Waals surface area contributed by atoms with Crippen molar-refractivity contribution in [2.75, 3.05) is 7.11 Å². The van der Waals surface area contributed by atoms with Crippen LogP contribution in [0.25, 0.3) is 0 Å². The summed E-state index contributed by atoms with van der Waals surface area (Å²) in [5.41, 5.74) is 0.775. The highest BCUT2D eigenvalue weighted by molar-refractivity contribution is 9.10. The molecular weight excluding hydrogens is 344 g/mol. The number of ether oxygens (including phenoxy) is 1. The van der Waals surface area contributed by atoms with E-state index in [1.165, 1.54) is 19.2 Å². The van der Waals surface area contributed by atoms with Gasteiger partial charge in [-0.3, -0.25) is 4.18 Å². The number of halogens is 1. The number of hydrogen-bond donors (Lipinski definition) is 0. The smallest absolute Gasteiger partial charge is 0.297 e. The van der Waals surface area contributed by atoms with Crippen LogP contribution in [0.3, 0.4) is 0 Å². The monoisotopic (exact) mass is 356 g/mol. The van der Waals surface area contributed by atoms with E-state index in [-0.39, 0.29) is 11.5 Å². The van der Waals surface area contributed by atoms with Crippen molar-refractivity contribution < 1.29 is 17.3 Å². The molecule has 0 saturated carbocycles. The highest BCUT2D eigenvalue weighted by Gasteiger charge is 2.15. The van der Waals surface area contributed by atoms with Crippen LogP contribution < -0.4 is 4.74 Å². The Morgan fingerprint density at radius 1 is 1.10 bits per heavy atom. The molecule has 0 atom stereocenters. The molecule has 0 radical (unpaired) electrons. The molecule has 0 saturated heterocycles. The van der Waals surface area contributed by atoms with E-state index >= 15 is 0 Å². The lowest BCUT2D eigenvalue weighted by Gasteiger charge is -2.07. The van der Waals surface area contributed by atoms with Crippen LogP contribution in [0, 0.1) is 0 Å². The molecule has 4 nitrogen and oxygen atoms in total. The predicted octanol–water partition coefficient (Wildman–Crippen LogP) is 3.36. The van der Waals surface area contributed by atoms with Crippen LogP contribution in [0.15, 0.2) is 57.9 Å². The molecule has 106 valence electrons. The van der Waals surface area contributed by atoms with Gasteiger partial charge in [0.2, 0.25) is 0 Å². The highest BCUT2D eigenvalue weighted by Crippen LogP contribution is 2.19. The molecule has 20 heavy (non-hydrogen) atoms. The van der Waals surface area contributed by atoms with Crippen LogP contribution in [-0.2, 0) is 20.9 Å². The molecule has 0 spiro atoms. The lowest BCUT2D eigenvalue weighted by Crippen LogP contribution is -2.06. The third-order valence-corrected chi connectivity index (χ3v) is 4.39. The standard InChI is InChI=1S/C14H13BrO4S/c1-18-13-5-7-14(8-6-13)20(16,17)19-10-11-3-2-4-12(15)9-11/h2-9H,10H2,1H3. The predicted molar refractivity (Wildman–Crippen MR) is 79.1 cm³/mol. The zero-order valence-corrected chi connectivity index (χ0v) is 13.1. The average molecular weight is 357 g/mol. The van der Waals surface area contributed by atoms with Gasteiger partial charge in [-0.05, 0) is 42.0 Å². The molecule has 0 aromatic heterocycles. The van der Waals surface area contributed by atoms with Crippen molar-refractivity contribution in [2.24, 2.45) is 0 Å². The first-order valence-corrected chi connectivity index (χ1v) is 7.99. The summed E-state index contributed by atoms with van der Waals surface area (Å²) in [6.07, 6.45) is 0. The minimum atomic E-state index is -3.77. The van der Waals surface area contributed by atoms with E-state index in [9.17, 15) is 8.42 Å². The summed E-state index contributed by atoms with van der Waals surface area (Å²) in [5, 5.41) is 0. The Hall–Kier alpha value is -1.37. The Bertz CT molecular complexity index is 681. The van der Waals surface area contributed by atoms with E-state index in [4.69, 9.17) is 8.92 Å². The Balaban J connectivity index is 2.10. The number of methoxy groups -OCH3 is 1. The first-order chi connectivity index (χ1) is 9.51. The van der Waals surface area contributed by atoms with Gasteiger partial charge < -0.3 is 4.74 Å². The zero-order valence-electron chi connectivity index (χ0n) is 10.7. The Kier molecular flexibility index (Phi) is 4.80. The number of rotatable bonds is 5. The highest BCUT2D eigenvalue weighted by atomic mass is 79.9. The molecule has 0 N–H and O–H groups in total. The van der Waals surface area contributed by atoms with Crippen LogP contribution in [-0.4, -0.2) is 15.5 Å². The summed E-state index contributed by atoms with van der Waals surface area (Å²) in [7, 11) is -2.25. The maximum atomic E-state index is 12.0. The van der Waals surface area contributed by atoms with E-state index < -0.39 is 10.1 Å². The fourth-order valence-electron chi connectivity index (χ4n) is 1.58. The van der Waals surface area contributed by atoms with E-state index in [0.717, 1.165) is 10.0 Å². The van der Waals surface area contributed by atoms with Crippen LogP contribution in [0.5, 0.6) is 5.75 Å². The molecule has 0 aliphatic carbocycles. The fourth-order valence-corrected chi connectivity index (χ4v) is 2.93. The molecule has 0 aliphatic heterocycles. The molecule has 2 aromatic rings. The SMILES string of the molecule is COc1ccc(S(=O)(=O)OCc2cccc(Br)c2)cc1. The van der Waals surface area contributed by atoms with Gasteiger partial charge in [0.25, 0.3) is 10.1 Å². The van der Waals surface area contributed by atoms with Crippen molar-refractivity contribution in [3.63, 3.8) is 0 Å². The molecule has 0 heterocycles. The third kappa shape index (κ3) is 3.82. The van der Waals surface area contributed by atoms with Gasteiger partial charge >= 0.3 is 0 Å². The van der Waals surface area contributed by atoms with Gasteiger partial charge in [0, 0.05) is 4.47 Å². The molecule has 6 heteroatoms. The Morgan fingerprint density at radius 2 is 1.80 bits per heavy atom. The van der Waals surface area contributed by atoms with Gasteiger partial charge in [-0.15, -0.1) is 0 Å². The van der Waals surface area contributed by atoms with Gasteiger partial charge in [-0.2, -0.15) is 8.42 Å². The number of hydrogen-bond acceptors (Lipinski definition) is 4. The largest absolute Gasteiger partial charge is 0.497 e. The van der Waals surface area contributed by atoms with Crippen molar-refractivity contribution >= 4 is 26.0 Å². The van der Waals surface area contributed by atoms with Gasteiger partial charge in [-0.25, -0.2) is 0 Å². The molecule has 0 bridgehead atoms. The molecule has 0 fully saturated rings. The van der Waals surface area contributed by atoms with E-state index in [1.54, 1.807) is 18.2 Å². The van der Waals surface area contributed by atoms with Gasteiger partial charge in [0.1, 0.15) is 5.75 Å². The van der Waals surface area contributed by atoms with E-state index in [1.807, 2.05) is 18.2 Å². The second-order valence-electron chi connectivity index (χ2n) is 4.02. The Labute approximate surface area is 126 Å². The summed E-state index contributed by atoms with van der Waals surface area (Å²) in [4.78, 5) is 0.105. The first-order valence-electron chi connectivity index (χ1n) is 5.79. The Morgan fingerprint density at radius 3 is 2.40 bits per heavy atom. The topological polar surface area (TPSA) is 52.6 Å². The van der Waals surface area contributed by atoms with Crippen LogP contribution in [0.1, 0.15) is 5.56 Å². The normalized spacial score (nSPS) is 11.3. The zero-order chi connectivity index (χ0) is 14.6. The first kappa shape index (κ1) is 15.0. The second kappa shape index (κ2) is 6.39. The van der Waals surface area contributed by atoms with Crippen molar-refractivity contribution in [3.05, 3.63) is 58.6 Å². The van der Waals surface area contributed by atoms with Crippen molar-refractivity contribution in [3.8, 4) is 5.75 Å². The summed E-state index contributed by atoms with van der Waals surface area (Å²) in [6, 6.07) is 13.4. The minimum Gasteiger partial charge on any atom is -0.497 e. The van der Waals surface area contributed by atoms with Gasteiger partial charge in [0.05, 0.1) is 18.6 Å². The maximum Gasteiger partial charge on any atom is 0.297 e. The van der Waals surface area contributed by atoms with Crippen molar-refractivity contribution in [1.82, 2.24) is 0 Å². The second-order valence-corrected chi connectivity index (χ2v) is 6.55. The molecule has 0 amide bonds. The lowest BCUT2D eigenvalue weighted by molar-refractivity contribution is 0.308. The molecule has 0 unspecified atom stereocenters. The fraction of sp³-hybridized carbons (Fsp3) is 0.143. The van der Waals surface area contributed by atoms with Crippen LogP contribution in [0.2, 0.25) is 0 Å². The van der Waals surface area contributed by atoms with Crippen LogP contribution in [0.4, 0.5) is 0 Å². The van der Waals surface area contributed by atoms with Crippen molar-refractivity contribution in [1.29, 1.82) is 0 Å². The maximum absolute atomic E-state index is 12.0. The quantitative estimate of drug-likeness (QED) is 0.770. The average Bonchev–Trinajstić information content (AvgIpc) is 2.45.